The second-order valence-corrected chi connectivity index (χ2v) is 7.08. The van der Waals surface area contributed by atoms with E-state index in [0.29, 0.717) is 13.2 Å². The second-order valence-electron chi connectivity index (χ2n) is 5.67. The number of carbonyl (C=O) groups is 1. The quantitative estimate of drug-likeness (QED) is 0.595. The van der Waals surface area contributed by atoms with Gasteiger partial charge in [-0.15, -0.1) is 11.3 Å². The monoisotopic (exact) mass is 326 g/mol. The molecule has 1 aromatic rings. The summed E-state index contributed by atoms with van der Waals surface area (Å²) in [5, 5.41) is 3.87. The highest BCUT2D eigenvalue weighted by Gasteiger charge is 2.06. The summed E-state index contributed by atoms with van der Waals surface area (Å²) < 4.78 is 5.18. The topological polar surface area (TPSA) is 51.2 Å². The maximum atomic E-state index is 11.5. The number of thiazole rings is 1. The molecule has 0 aliphatic carbocycles. The van der Waals surface area contributed by atoms with Crippen LogP contribution < -0.4 is 5.32 Å². The summed E-state index contributed by atoms with van der Waals surface area (Å²) in [5.74, 6) is 0. The molecule has 0 bridgehead atoms. The molecule has 0 fully saturated rings. The van der Waals surface area contributed by atoms with E-state index >= 15 is 0 Å². The maximum absolute atomic E-state index is 11.5. The molecule has 0 atom stereocenters. The number of ether oxygens (including phenoxy) is 1. The molecular weight excluding hydrogens is 296 g/mol. The molecule has 0 radical (unpaired) electrons. The lowest BCUT2D eigenvalue weighted by atomic mass is 10.1. The smallest absolute Gasteiger partial charge is 0.407 e. The zero-order chi connectivity index (χ0) is 16.2. The van der Waals surface area contributed by atoms with Crippen LogP contribution in [0, 0.1) is 13.8 Å². The van der Waals surface area contributed by atoms with Crippen molar-refractivity contribution >= 4 is 17.4 Å². The van der Waals surface area contributed by atoms with Crippen molar-refractivity contribution in [2.24, 2.45) is 0 Å². The zero-order valence-electron chi connectivity index (χ0n) is 14.2. The van der Waals surface area contributed by atoms with Gasteiger partial charge in [0, 0.05) is 17.8 Å². The van der Waals surface area contributed by atoms with Gasteiger partial charge in [-0.25, -0.2) is 9.78 Å². The number of carbonyl (C=O) groups excluding carboxylic acids is 1. The van der Waals surface area contributed by atoms with Gasteiger partial charge in [-0.2, -0.15) is 0 Å². The number of amides is 1. The first kappa shape index (κ1) is 18.9. The number of nitrogens with zero attached hydrogens (tertiary/aromatic N) is 1. The molecule has 0 aliphatic rings. The Balaban J connectivity index is 1.96. The molecule has 1 amide bonds. The number of unbranched alkanes of at least 4 members (excludes halogenated alkanes) is 6. The predicted octanol–water partition coefficient (Wildman–Crippen LogP) is 4.78. The number of alkyl carbamates (subject to hydrolysis) is 1. The van der Waals surface area contributed by atoms with E-state index in [2.05, 4.69) is 24.1 Å². The highest BCUT2D eigenvalue weighted by molar-refractivity contribution is 7.11. The van der Waals surface area contributed by atoms with Crippen LogP contribution in [0.2, 0.25) is 0 Å². The number of hydrogen-bond acceptors (Lipinski definition) is 4. The van der Waals surface area contributed by atoms with Crippen molar-refractivity contribution in [1.82, 2.24) is 10.3 Å². The van der Waals surface area contributed by atoms with Crippen molar-refractivity contribution in [3.05, 3.63) is 15.6 Å². The fourth-order valence-corrected chi connectivity index (χ4v) is 3.23. The minimum absolute atomic E-state index is 0.310. The molecule has 0 aromatic carbocycles. The lowest BCUT2D eigenvalue weighted by Gasteiger charge is -2.06. The van der Waals surface area contributed by atoms with Crippen molar-refractivity contribution in [1.29, 1.82) is 0 Å². The molecule has 126 valence electrons. The van der Waals surface area contributed by atoms with E-state index in [-0.39, 0.29) is 6.09 Å². The molecular formula is C17H30N2O2S. The summed E-state index contributed by atoms with van der Waals surface area (Å²) >= 11 is 1.70. The number of rotatable bonds is 11. The van der Waals surface area contributed by atoms with Crippen LogP contribution in [0.3, 0.4) is 0 Å². The number of hydrogen-bond donors (Lipinski definition) is 1. The fourth-order valence-electron chi connectivity index (χ4n) is 2.36. The summed E-state index contributed by atoms with van der Waals surface area (Å²) in [4.78, 5) is 17.2. The first-order valence-electron chi connectivity index (χ1n) is 8.47. The van der Waals surface area contributed by atoms with Crippen LogP contribution >= 0.6 is 11.3 Å². The molecule has 5 heteroatoms. The number of nitrogens with one attached hydrogen (secondary N) is 1. The van der Waals surface area contributed by atoms with Gasteiger partial charge < -0.3 is 10.1 Å². The normalized spacial score (nSPS) is 10.7. The van der Waals surface area contributed by atoms with E-state index in [1.165, 1.54) is 37.0 Å². The van der Waals surface area contributed by atoms with E-state index in [9.17, 15) is 4.79 Å². The Labute approximate surface area is 138 Å². The third-order valence-corrected chi connectivity index (χ3v) is 4.54. The number of aryl methyl sites for hydroxylation is 2. The summed E-state index contributed by atoms with van der Waals surface area (Å²) in [6.07, 6.45) is 9.05. The van der Waals surface area contributed by atoms with Crippen molar-refractivity contribution in [3.8, 4) is 0 Å². The van der Waals surface area contributed by atoms with Gasteiger partial charge in [-0.1, -0.05) is 45.4 Å². The molecule has 0 spiro atoms. The van der Waals surface area contributed by atoms with Gasteiger partial charge in [-0.05, 0) is 20.3 Å². The molecule has 1 heterocycles. The Morgan fingerprint density at radius 3 is 2.45 bits per heavy atom. The van der Waals surface area contributed by atoms with Crippen LogP contribution in [-0.2, 0) is 11.2 Å². The minimum atomic E-state index is -0.310. The lowest BCUT2D eigenvalue weighted by Crippen LogP contribution is -2.27. The highest BCUT2D eigenvalue weighted by Crippen LogP contribution is 2.16. The summed E-state index contributed by atoms with van der Waals surface area (Å²) in [6, 6.07) is 0. The van der Waals surface area contributed by atoms with Gasteiger partial charge in [0.2, 0.25) is 0 Å². The molecule has 1 aromatic heterocycles. The van der Waals surface area contributed by atoms with E-state index in [0.717, 1.165) is 30.0 Å². The van der Waals surface area contributed by atoms with E-state index in [1.54, 1.807) is 11.3 Å². The Kier molecular flexibility index (Phi) is 9.87. The molecule has 0 saturated carbocycles. The van der Waals surface area contributed by atoms with Gasteiger partial charge in [0.1, 0.15) is 0 Å². The Hall–Kier alpha value is -1.10. The third kappa shape index (κ3) is 8.37. The zero-order valence-corrected chi connectivity index (χ0v) is 15.1. The average molecular weight is 327 g/mol. The lowest BCUT2D eigenvalue weighted by molar-refractivity contribution is 0.144. The van der Waals surface area contributed by atoms with Gasteiger partial charge in [0.15, 0.2) is 0 Å². The molecule has 0 unspecified atom stereocenters. The largest absolute Gasteiger partial charge is 0.450 e. The molecule has 1 rings (SSSR count). The Morgan fingerprint density at radius 2 is 1.82 bits per heavy atom. The first-order chi connectivity index (χ1) is 10.6. The van der Waals surface area contributed by atoms with Crippen LogP contribution in [0.4, 0.5) is 4.79 Å². The minimum Gasteiger partial charge on any atom is -0.450 e. The van der Waals surface area contributed by atoms with Gasteiger partial charge in [0.25, 0.3) is 0 Å². The van der Waals surface area contributed by atoms with Gasteiger partial charge in [-0.3, -0.25) is 0 Å². The number of aromatic nitrogens is 1. The van der Waals surface area contributed by atoms with E-state index < -0.39 is 0 Å². The van der Waals surface area contributed by atoms with E-state index in [4.69, 9.17) is 4.74 Å². The van der Waals surface area contributed by atoms with Gasteiger partial charge >= 0.3 is 6.09 Å². The highest BCUT2D eigenvalue weighted by atomic mass is 32.1. The molecule has 1 N–H and O–H groups in total. The summed E-state index contributed by atoms with van der Waals surface area (Å²) in [6.45, 7) is 7.40. The SMILES string of the molecule is CCCCCCCCCOC(=O)NCCc1nc(C)sc1C. The molecule has 4 nitrogen and oxygen atoms in total. The maximum Gasteiger partial charge on any atom is 0.407 e. The van der Waals surface area contributed by atoms with Crippen molar-refractivity contribution in [3.63, 3.8) is 0 Å². The standard InChI is InChI=1S/C17H30N2O2S/c1-4-5-6-7-8-9-10-13-21-17(20)18-12-11-16-14(2)22-15(3)19-16/h4-13H2,1-3H3,(H,18,20). The molecule has 22 heavy (non-hydrogen) atoms. The van der Waals surface area contributed by atoms with Gasteiger partial charge in [0.05, 0.1) is 17.3 Å². The van der Waals surface area contributed by atoms with Crippen molar-refractivity contribution in [2.75, 3.05) is 13.2 Å². The van der Waals surface area contributed by atoms with Crippen LogP contribution in [0.15, 0.2) is 0 Å². The second kappa shape index (κ2) is 11.5. The van der Waals surface area contributed by atoms with E-state index in [1.807, 2.05) is 6.92 Å². The predicted molar refractivity (Wildman–Crippen MR) is 92.6 cm³/mol. The Bertz CT molecular complexity index is 432. The average Bonchev–Trinajstić information content (AvgIpc) is 2.80. The fraction of sp³-hybridized carbons (Fsp3) is 0.765. The van der Waals surface area contributed by atoms with Crippen molar-refractivity contribution in [2.45, 2.75) is 72.1 Å². The third-order valence-electron chi connectivity index (χ3n) is 3.61. The summed E-state index contributed by atoms with van der Waals surface area (Å²) in [7, 11) is 0. The molecule has 0 saturated heterocycles. The van der Waals surface area contributed by atoms with Crippen LogP contribution in [0.5, 0.6) is 0 Å². The Morgan fingerprint density at radius 1 is 1.14 bits per heavy atom. The van der Waals surface area contributed by atoms with Crippen LogP contribution in [-0.4, -0.2) is 24.2 Å². The first-order valence-corrected chi connectivity index (χ1v) is 9.28. The van der Waals surface area contributed by atoms with Crippen LogP contribution in [0.1, 0.15) is 67.4 Å². The molecule has 0 aliphatic heterocycles. The van der Waals surface area contributed by atoms with Crippen LogP contribution in [0.25, 0.3) is 0 Å². The van der Waals surface area contributed by atoms with Crippen molar-refractivity contribution < 1.29 is 9.53 Å². The summed E-state index contributed by atoms with van der Waals surface area (Å²) in [5.41, 5.74) is 1.08.